The van der Waals surface area contributed by atoms with Crippen molar-refractivity contribution in [1.82, 2.24) is 15.5 Å². The zero-order chi connectivity index (χ0) is 27.6. The topological polar surface area (TPSA) is 87.7 Å². The van der Waals surface area contributed by atoms with Crippen molar-refractivity contribution in [2.45, 2.75) is 125 Å². The molecule has 204 valence electrons. The predicted molar refractivity (Wildman–Crippen MR) is 146 cm³/mol. The summed E-state index contributed by atoms with van der Waals surface area (Å²) in [7, 11) is 0. The lowest BCUT2D eigenvalue weighted by Crippen LogP contribution is -2.56. The first kappa shape index (κ1) is 31.5. The Morgan fingerprint density at radius 1 is 1.03 bits per heavy atom. The molecule has 0 fully saturated rings. The summed E-state index contributed by atoms with van der Waals surface area (Å²) in [5, 5.41) is 5.92. The number of aryl methyl sites for hydroxylation is 1. The fourth-order valence-electron chi connectivity index (χ4n) is 4.22. The van der Waals surface area contributed by atoms with Crippen molar-refractivity contribution >= 4 is 17.9 Å². The summed E-state index contributed by atoms with van der Waals surface area (Å²) in [6, 6.07) is 5.84. The van der Waals surface area contributed by atoms with Gasteiger partial charge in [-0.05, 0) is 72.3 Å². The Morgan fingerprint density at radius 3 is 2.17 bits per heavy atom. The molecule has 0 saturated heterocycles. The smallest absolute Gasteiger partial charge is 0.408 e. The van der Waals surface area contributed by atoms with Gasteiger partial charge >= 0.3 is 6.09 Å². The Hall–Kier alpha value is -2.57. The molecule has 3 amide bonds. The minimum Gasteiger partial charge on any atom is -0.444 e. The number of carbonyl (C=O) groups excluding carboxylic acids is 3. The lowest BCUT2D eigenvalue weighted by Gasteiger charge is -2.39. The second-order valence-electron chi connectivity index (χ2n) is 11.3. The number of hydrogen-bond donors (Lipinski definition) is 2. The molecule has 0 saturated carbocycles. The number of rotatable bonds is 12. The molecule has 0 aliphatic heterocycles. The van der Waals surface area contributed by atoms with Crippen molar-refractivity contribution < 1.29 is 19.1 Å². The second-order valence-corrected chi connectivity index (χ2v) is 11.3. The molecule has 1 rings (SSSR count). The van der Waals surface area contributed by atoms with E-state index in [0.29, 0.717) is 12.8 Å². The van der Waals surface area contributed by atoms with Crippen molar-refractivity contribution in [3.63, 3.8) is 0 Å². The van der Waals surface area contributed by atoms with Crippen LogP contribution in [0.5, 0.6) is 0 Å². The maximum absolute atomic E-state index is 14.2. The highest BCUT2D eigenvalue weighted by Crippen LogP contribution is 2.28. The molecule has 0 bridgehead atoms. The molecule has 4 atom stereocenters. The van der Waals surface area contributed by atoms with Gasteiger partial charge in [-0.1, -0.05) is 63.9 Å². The van der Waals surface area contributed by atoms with Crippen LogP contribution in [-0.2, 0) is 14.3 Å². The summed E-state index contributed by atoms with van der Waals surface area (Å²) >= 11 is 0. The lowest BCUT2D eigenvalue weighted by atomic mass is 9.96. The number of nitrogens with zero attached hydrogens (tertiary/aromatic N) is 1. The number of benzene rings is 1. The largest absolute Gasteiger partial charge is 0.444 e. The van der Waals surface area contributed by atoms with Crippen molar-refractivity contribution in [1.29, 1.82) is 0 Å². The van der Waals surface area contributed by atoms with Crippen molar-refractivity contribution in [3.8, 4) is 0 Å². The van der Waals surface area contributed by atoms with Gasteiger partial charge in [-0.15, -0.1) is 0 Å². The molecule has 0 aliphatic carbocycles. The van der Waals surface area contributed by atoms with E-state index in [1.165, 1.54) is 0 Å². The molecule has 4 unspecified atom stereocenters. The Morgan fingerprint density at radius 2 is 1.67 bits per heavy atom. The SMILES string of the molecule is CCCC(C)NC(=O)C(c1cccc(C)c1)N(C(=O)C(CC(C)C)NC(=O)OC(C)(C)C)C(C)CC. The van der Waals surface area contributed by atoms with Gasteiger partial charge in [0.1, 0.15) is 17.7 Å². The molecule has 0 aromatic heterocycles. The van der Waals surface area contributed by atoms with Gasteiger partial charge in [0, 0.05) is 12.1 Å². The number of carbonyl (C=O) groups is 3. The average Bonchev–Trinajstić information content (AvgIpc) is 2.74. The van der Waals surface area contributed by atoms with E-state index in [9.17, 15) is 14.4 Å². The van der Waals surface area contributed by atoms with E-state index in [-0.39, 0.29) is 29.8 Å². The molecular weight excluding hydrogens is 454 g/mol. The minimum absolute atomic E-state index is 0.0185. The molecular formula is C29H49N3O4. The first-order valence-corrected chi connectivity index (χ1v) is 13.4. The Balaban J connectivity index is 3.53. The van der Waals surface area contributed by atoms with Crippen molar-refractivity contribution in [2.75, 3.05) is 0 Å². The van der Waals surface area contributed by atoms with Gasteiger partial charge in [0.25, 0.3) is 0 Å². The fourth-order valence-corrected chi connectivity index (χ4v) is 4.22. The zero-order valence-electron chi connectivity index (χ0n) is 24.1. The molecule has 0 spiro atoms. The molecule has 0 aliphatic rings. The summed E-state index contributed by atoms with van der Waals surface area (Å²) in [4.78, 5) is 42.2. The third kappa shape index (κ3) is 10.2. The minimum atomic E-state index is -0.818. The van der Waals surface area contributed by atoms with Gasteiger partial charge in [0.15, 0.2) is 0 Å². The molecule has 7 nitrogen and oxygen atoms in total. The van der Waals surface area contributed by atoms with E-state index in [4.69, 9.17) is 4.74 Å². The maximum atomic E-state index is 14.2. The van der Waals surface area contributed by atoms with E-state index in [2.05, 4.69) is 17.6 Å². The van der Waals surface area contributed by atoms with Crippen LogP contribution in [0.4, 0.5) is 4.79 Å². The van der Waals surface area contributed by atoms with Crippen LogP contribution < -0.4 is 10.6 Å². The average molecular weight is 504 g/mol. The Labute approximate surface area is 218 Å². The normalized spacial score (nSPS) is 15.0. The van der Waals surface area contributed by atoms with E-state index in [0.717, 1.165) is 24.0 Å². The van der Waals surface area contributed by atoms with Crippen LogP contribution in [0.1, 0.15) is 105 Å². The zero-order valence-corrected chi connectivity index (χ0v) is 24.1. The van der Waals surface area contributed by atoms with Gasteiger partial charge in [-0.2, -0.15) is 0 Å². The summed E-state index contributed by atoms with van der Waals surface area (Å²) < 4.78 is 5.45. The number of amides is 3. The highest BCUT2D eigenvalue weighted by molar-refractivity contribution is 5.92. The van der Waals surface area contributed by atoms with Crippen LogP contribution in [0.3, 0.4) is 0 Å². The molecule has 0 heterocycles. The van der Waals surface area contributed by atoms with Crippen LogP contribution in [0, 0.1) is 12.8 Å². The monoisotopic (exact) mass is 503 g/mol. The number of alkyl carbamates (subject to hydrolysis) is 1. The number of ether oxygens (including phenoxy) is 1. The van der Waals surface area contributed by atoms with Crippen LogP contribution >= 0.6 is 0 Å². The molecule has 1 aromatic carbocycles. The molecule has 0 radical (unpaired) electrons. The maximum Gasteiger partial charge on any atom is 0.408 e. The van der Waals surface area contributed by atoms with E-state index in [1.54, 1.807) is 25.7 Å². The van der Waals surface area contributed by atoms with Crippen LogP contribution in [0.15, 0.2) is 24.3 Å². The Bertz CT molecular complexity index is 862. The summed E-state index contributed by atoms with van der Waals surface area (Å²) in [6.45, 7) is 19.3. The van der Waals surface area contributed by atoms with Crippen LogP contribution in [0.2, 0.25) is 0 Å². The van der Waals surface area contributed by atoms with Crippen LogP contribution in [-0.4, -0.2) is 46.5 Å². The van der Waals surface area contributed by atoms with Crippen molar-refractivity contribution in [2.24, 2.45) is 5.92 Å². The van der Waals surface area contributed by atoms with Crippen molar-refractivity contribution in [3.05, 3.63) is 35.4 Å². The predicted octanol–water partition coefficient (Wildman–Crippen LogP) is 5.91. The van der Waals surface area contributed by atoms with Gasteiger partial charge in [0.2, 0.25) is 11.8 Å². The van der Waals surface area contributed by atoms with Gasteiger partial charge < -0.3 is 20.3 Å². The number of nitrogens with one attached hydrogen (secondary N) is 2. The molecule has 36 heavy (non-hydrogen) atoms. The highest BCUT2D eigenvalue weighted by atomic mass is 16.6. The summed E-state index contributed by atoms with van der Waals surface area (Å²) in [5.41, 5.74) is 1.07. The number of hydrogen-bond acceptors (Lipinski definition) is 4. The Kier molecular flexibility index (Phi) is 12.4. The van der Waals surface area contributed by atoms with Crippen LogP contribution in [0.25, 0.3) is 0 Å². The van der Waals surface area contributed by atoms with Gasteiger partial charge in [0.05, 0.1) is 0 Å². The third-order valence-corrected chi connectivity index (χ3v) is 6.01. The highest BCUT2D eigenvalue weighted by Gasteiger charge is 2.39. The van der Waals surface area contributed by atoms with Gasteiger partial charge in [-0.3, -0.25) is 9.59 Å². The van der Waals surface area contributed by atoms with E-state index >= 15 is 0 Å². The molecule has 7 heteroatoms. The van der Waals surface area contributed by atoms with Gasteiger partial charge in [-0.25, -0.2) is 4.79 Å². The quantitative estimate of drug-likeness (QED) is 0.371. The fraction of sp³-hybridized carbons (Fsp3) is 0.690. The summed E-state index contributed by atoms with van der Waals surface area (Å²) in [6.07, 6.45) is 2.24. The van der Waals surface area contributed by atoms with E-state index < -0.39 is 23.8 Å². The lowest BCUT2D eigenvalue weighted by molar-refractivity contribution is -0.145. The molecule has 1 aromatic rings. The first-order chi connectivity index (χ1) is 16.7. The standard InChI is InChI=1S/C29H49N3O4/c1-11-14-21(6)30-26(33)25(23-16-13-15-20(5)18-23)32(22(7)12-2)27(34)24(17-19(3)4)31-28(35)36-29(8,9)10/h13,15-16,18-19,21-22,24-25H,11-12,14,17H2,1-10H3,(H,30,33)(H,31,35). The molecule has 2 N–H and O–H groups in total. The first-order valence-electron chi connectivity index (χ1n) is 13.4. The second kappa shape index (κ2) is 14.2. The van der Waals surface area contributed by atoms with E-state index in [1.807, 2.05) is 65.8 Å². The summed E-state index contributed by atoms with van der Waals surface area (Å²) in [5.74, 6) is -0.354. The third-order valence-electron chi connectivity index (χ3n) is 6.01.